The zero-order valence-corrected chi connectivity index (χ0v) is 12.3. The van der Waals surface area contributed by atoms with Crippen LogP contribution in [0.1, 0.15) is 34.3 Å². The van der Waals surface area contributed by atoms with Gasteiger partial charge in [-0.3, -0.25) is 4.79 Å². The molecule has 0 saturated heterocycles. The molecule has 2 N–H and O–H groups in total. The molecule has 1 amide bonds. The summed E-state index contributed by atoms with van der Waals surface area (Å²) in [7, 11) is 1.67. The smallest absolute Gasteiger partial charge is 0.248 e. The Hall–Kier alpha value is -2.29. The van der Waals surface area contributed by atoms with Crippen molar-refractivity contribution in [3.63, 3.8) is 0 Å². The summed E-state index contributed by atoms with van der Waals surface area (Å²) in [6, 6.07) is 15.7. The van der Waals surface area contributed by atoms with Gasteiger partial charge in [-0.1, -0.05) is 30.3 Å². The lowest BCUT2D eigenvalue weighted by molar-refractivity contribution is 0.0999. The Bertz CT molecular complexity index is 590. The minimum atomic E-state index is -0.347. The van der Waals surface area contributed by atoms with Gasteiger partial charge in [0, 0.05) is 5.56 Å². The number of hydrogen-bond acceptors (Lipinski definition) is 2. The molecule has 3 heteroatoms. The highest BCUT2D eigenvalue weighted by Gasteiger charge is 2.06. The SMILES string of the molecule is COc1ccc(CCCCc2ccccc2C(N)=O)cc1. The summed E-state index contributed by atoms with van der Waals surface area (Å²) < 4.78 is 5.14. The Morgan fingerprint density at radius 1 is 1.00 bits per heavy atom. The van der Waals surface area contributed by atoms with Crippen molar-refractivity contribution in [1.82, 2.24) is 0 Å². The van der Waals surface area contributed by atoms with Crippen molar-refractivity contribution < 1.29 is 9.53 Å². The molecule has 0 unspecified atom stereocenters. The van der Waals surface area contributed by atoms with Gasteiger partial charge in [0.25, 0.3) is 0 Å². The van der Waals surface area contributed by atoms with E-state index in [0.29, 0.717) is 5.56 Å². The second-order valence-electron chi connectivity index (χ2n) is 5.08. The number of hydrogen-bond donors (Lipinski definition) is 1. The maximum atomic E-state index is 11.3. The van der Waals surface area contributed by atoms with E-state index in [1.165, 1.54) is 5.56 Å². The molecule has 21 heavy (non-hydrogen) atoms. The zero-order chi connectivity index (χ0) is 15.1. The van der Waals surface area contributed by atoms with Crippen LogP contribution >= 0.6 is 0 Å². The van der Waals surface area contributed by atoms with Gasteiger partial charge in [0.05, 0.1) is 7.11 Å². The number of ether oxygens (including phenoxy) is 1. The molecule has 0 bridgehead atoms. The van der Waals surface area contributed by atoms with Crippen LogP contribution in [0.4, 0.5) is 0 Å². The third kappa shape index (κ3) is 4.35. The first kappa shape index (κ1) is 15.1. The fourth-order valence-electron chi connectivity index (χ4n) is 2.42. The van der Waals surface area contributed by atoms with E-state index in [1.807, 2.05) is 30.3 Å². The number of amides is 1. The van der Waals surface area contributed by atoms with E-state index >= 15 is 0 Å². The summed E-state index contributed by atoms with van der Waals surface area (Å²) in [6.45, 7) is 0. The van der Waals surface area contributed by atoms with Crippen LogP contribution in [0.3, 0.4) is 0 Å². The molecule has 0 aliphatic heterocycles. The quantitative estimate of drug-likeness (QED) is 0.792. The Kier molecular flexibility index (Phi) is 5.38. The van der Waals surface area contributed by atoms with Crippen LogP contribution in [0.5, 0.6) is 5.75 Å². The van der Waals surface area contributed by atoms with Crippen LogP contribution in [-0.4, -0.2) is 13.0 Å². The second kappa shape index (κ2) is 7.48. The lowest BCUT2D eigenvalue weighted by Gasteiger charge is -2.07. The Balaban J connectivity index is 1.83. The van der Waals surface area contributed by atoms with Crippen molar-refractivity contribution in [3.8, 4) is 5.75 Å². The first-order chi connectivity index (χ1) is 10.2. The topological polar surface area (TPSA) is 52.3 Å². The molecule has 0 aliphatic rings. The first-order valence-corrected chi connectivity index (χ1v) is 7.21. The zero-order valence-electron chi connectivity index (χ0n) is 12.3. The molecule has 0 radical (unpaired) electrons. The summed E-state index contributed by atoms with van der Waals surface area (Å²) >= 11 is 0. The third-order valence-electron chi connectivity index (χ3n) is 3.60. The number of rotatable bonds is 7. The van der Waals surface area contributed by atoms with Gasteiger partial charge in [0.2, 0.25) is 5.91 Å². The standard InChI is InChI=1S/C18H21NO2/c1-21-16-12-10-14(11-13-16)6-2-3-7-15-8-4-5-9-17(15)18(19)20/h4-5,8-13H,2-3,6-7H2,1H3,(H2,19,20). The van der Waals surface area contributed by atoms with E-state index in [4.69, 9.17) is 10.5 Å². The molecule has 0 saturated carbocycles. The molecule has 2 aromatic rings. The predicted octanol–water partition coefficient (Wildman–Crippen LogP) is 3.36. The van der Waals surface area contributed by atoms with Crippen LogP contribution in [0.15, 0.2) is 48.5 Å². The molecule has 2 aromatic carbocycles. The monoisotopic (exact) mass is 283 g/mol. The van der Waals surface area contributed by atoms with E-state index in [0.717, 1.165) is 37.0 Å². The van der Waals surface area contributed by atoms with Crippen molar-refractivity contribution in [2.75, 3.05) is 7.11 Å². The van der Waals surface area contributed by atoms with Gasteiger partial charge >= 0.3 is 0 Å². The molecule has 0 aliphatic carbocycles. The van der Waals surface area contributed by atoms with Crippen molar-refractivity contribution in [3.05, 3.63) is 65.2 Å². The fourth-order valence-corrected chi connectivity index (χ4v) is 2.42. The second-order valence-corrected chi connectivity index (χ2v) is 5.08. The Morgan fingerprint density at radius 2 is 1.67 bits per heavy atom. The van der Waals surface area contributed by atoms with Crippen molar-refractivity contribution in [2.45, 2.75) is 25.7 Å². The maximum absolute atomic E-state index is 11.3. The minimum Gasteiger partial charge on any atom is -0.497 e. The average molecular weight is 283 g/mol. The van der Waals surface area contributed by atoms with Crippen LogP contribution in [0, 0.1) is 0 Å². The maximum Gasteiger partial charge on any atom is 0.248 e. The van der Waals surface area contributed by atoms with E-state index < -0.39 is 0 Å². The fraction of sp³-hybridized carbons (Fsp3) is 0.278. The summed E-state index contributed by atoms with van der Waals surface area (Å²) in [5.41, 5.74) is 8.37. The van der Waals surface area contributed by atoms with Crippen molar-refractivity contribution in [1.29, 1.82) is 0 Å². The number of methoxy groups -OCH3 is 1. The molecule has 3 nitrogen and oxygen atoms in total. The van der Waals surface area contributed by atoms with Crippen LogP contribution in [0.25, 0.3) is 0 Å². The van der Waals surface area contributed by atoms with E-state index in [1.54, 1.807) is 13.2 Å². The highest BCUT2D eigenvalue weighted by Crippen LogP contribution is 2.15. The number of carbonyl (C=O) groups is 1. The van der Waals surface area contributed by atoms with Gasteiger partial charge in [-0.05, 0) is 55.0 Å². The minimum absolute atomic E-state index is 0.347. The largest absolute Gasteiger partial charge is 0.497 e. The summed E-state index contributed by atoms with van der Waals surface area (Å²) in [6.07, 6.45) is 4.04. The van der Waals surface area contributed by atoms with Gasteiger partial charge in [0.1, 0.15) is 5.75 Å². The van der Waals surface area contributed by atoms with E-state index in [-0.39, 0.29) is 5.91 Å². The number of carbonyl (C=O) groups excluding carboxylic acids is 1. The summed E-state index contributed by atoms with van der Waals surface area (Å²) in [4.78, 5) is 11.3. The summed E-state index contributed by atoms with van der Waals surface area (Å²) in [5.74, 6) is 0.537. The lowest BCUT2D eigenvalue weighted by Crippen LogP contribution is -2.13. The van der Waals surface area contributed by atoms with Crippen molar-refractivity contribution in [2.24, 2.45) is 5.73 Å². The normalized spacial score (nSPS) is 10.3. The molecule has 0 aromatic heterocycles. The molecule has 0 heterocycles. The van der Waals surface area contributed by atoms with Gasteiger partial charge < -0.3 is 10.5 Å². The van der Waals surface area contributed by atoms with Crippen LogP contribution < -0.4 is 10.5 Å². The lowest BCUT2D eigenvalue weighted by atomic mass is 9.99. The molecule has 0 atom stereocenters. The number of nitrogens with two attached hydrogens (primary N) is 1. The highest BCUT2D eigenvalue weighted by atomic mass is 16.5. The molecular formula is C18H21NO2. The number of aryl methyl sites for hydroxylation is 2. The Labute approximate surface area is 125 Å². The predicted molar refractivity (Wildman–Crippen MR) is 84.6 cm³/mol. The highest BCUT2D eigenvalue weighted by molar-refractivity contribution is 5.94. The summed E-state index contributed by atoms with van der Waals surface area (Å²) in [5, 5.41) is 0. The van der Waals surface area contributed by atoms with E-state index in [9.17, 15) is 4.79 Å². The molecule has 0 spiro atoms. The van der Waals surface area contributed by atoms with Crippen LogP contribution in [0.2, 0.25) is 0 Å². The van der Waals surface area contributed by atoms with Gasteiger partial charge in [-0.15, -0.1) is 0 Å². The number of unbranched alkanes of at least 4 members (excludes halogenated alkanes) is 1. The van der Waals surface area contributed by atoms with Crippen LogP contribution in [-0.2, 0) is 12.8 Å². The third-order valence-corrected chi connectivity index (χ3v) is 3.60. The van der Waals surface area contributed by atoms with Gasteiger partial charge in [0.15, 0.2) is 0 Å². The van der Waals surface area contributed by atoms with Crippen molar-refractivity contribution >= 4 is 5.91 Å². The van der Waals surface area contributed by atoms with Gasteiger partial charge in [-0.25, -0.2) is 0 Å². The molecular weight excluding hydrogens is 262 g/mol. The first-order valence-electron chi connectivity index (χ1n) is 7.21. The number of primary amides is 1. The Morgan fingerprint density at radius 3 is 2.33 bits per heavy atom. The number of benzene rings is 2. The van der Waals surface area contributed by atoms with Gasteiger partial charge in [-0.2, -0.15) is 0 Å². The van der Waals surface area contributed by atoms with E-state index in [2.05, 4.69) is 12.1 Å². The molecule has 2 rings (SSSR count). The molecule has 110 valence electrons. The molecule has 0 fully saturated rings. The average Bonchev–Trinajstić information content (AvgIpc) is 2.52.